The number of fused-ring (bicyclic) bond motifs is 1. The van der Waals surface area contributed by atoms with Crippen LogP contribution in [0.15, 0.2) is 47.5 Å². The van der Waals surface area contributed by atoms with E-state index in [0.29, 0.717) is 6.07 Å². The summed E-state index contributed by atoms with van der Waals surface area (Å²) in [5.41, 5.74) is -1.12. The van der Waals surface area contributed by atoms with Crippen molar-refractivity contribution < 1.29 is 13.6 Å². The minimum absolute atomic E-state index is 0.0168. The Morgan fingerprint density at radius 2 is 2.05 bits per heavy atom. The molecule has 1 amide bonds. The third-order valence-electron chi connectivity index (χ3n) is 3.05. The van der Waals surface area contributed by atoms with Gasteiger partial charge in [-0.1, -0.05) is 6.07 Å². The Kier molecular flexibility index (Phi) is 3.38. The van der Waals surface area contributed by atoms with Crippen LogP contribution in [0.3, 0.4) is 0 Å². The highest BCUT2D eigenvalue weighted by Gasteiger charge is 2.16. The van der Waals surface area contributed by atoms with Gasteiger partial charge in [-0.3, -0.25) is 9.59 Å². The molecular weight excluding hydrogens is 292 g/mol. The number of hydrogen-bond acceptors (Lipinski definition) is 3. The molecule has 22 heavy (non-hydrogen) atoms. The summed E-state index contributed by atoms with van der Waals surface area (Å²) in [4.78, 5) is 30.8. The van der Waals surface area contributed by atoms with Crippen molar-refractivity contribution in [3.8, 4) is 0 Å². The molecule has 0 spiro atoms. The number of carbonyl (C=O) groups excluding carboxylic acids is 1. The maximum Gasteiger partial charge on any atom is 0.262 e. The van der Waals surface area contributed by atoms with Gasteiger partial charge < -0.3 is 10.3 Å². The molecular formula is C15H9F2N3O2. The number of aromatic amines is 1. The monoisotopic (exact) mass is 301 g/mol. The predicted molar refractivity (Wildman–Crippen MR) is 76.7 cm³/mol. The number of anilines is 1. The first kappa shape index (κ1) is 13.9. The third kappa shape index (κ3) is 2.44. The lowest BCUT2D eigenvalue weighted by atomic mass is 10.1. The van der Waals surface area contributed by atoms with E-state index in [1.165, 1.54) is 6.20 Å². The molecule has 0 bridgehead atoms. The second kappa shape index (κ2) is 5.36. The molecule has 2 N–H and O–H groups in total. The van der Waals surface area contributed by atoms with E-state index in [-0.39, 0.29) is 22.3 Å². The lowest BCUT2D eigenvalue weighted by Crippen LogP contribution is -2.23. The largest absolute Gasteiger partial charge is 0.360 e. The van der Waals surface area contributed by atoms with E-state index in [4.69, 9.17) is 0 Å². The van der Waals surface area contributed by atoms with Crippen molar-refractivity contribution in [2.24, 2.45) is 0 Å². The Balaban J connectivity index is 2.07. The first-order valence-electron chi connectivity index (χ1n) is 6.29. The fraction of sp³-hybridized carbons (Fsp3) is 0. The van der Waals surface area contributed by atoms with Gasteiger partial charge >= 0.3 is 0 Å². The molecule has 0 aliphatic rings. The molecule has 0 atom stereocenters. The summed E-state index contributed by atoms with van der Waals surface area (Å²) < 4.78 is 26.9. The summed E-state index contributed by atoms with van der Waals surface area (Å²) in [5.74, 6) is -2.31. The van der Waals surface area contributed by atoms with Gasteiger partial charge in [-0.05, 0) is 18.2 Å². The highest BCUT2D eigenvalue weighted by Crippen LogP contribution is 2.15. The van der Waals surface area contributed by atoms with Crippen LogP contribution in [0, 0.1) is 11.6 Å². The Morgan fingerprint density at radius 3 is 2.77 bits per heavy atom. The third-order valence-corrected chi connectivity index (χ3v) is 3.05. The number of pyridine rings is 2. The molecule has 0 radical (unpaired) electrons. The number of carbonyl (C=O) groups is 1. The number of hydrogen-bond donors (Lipinski definition) is 2. The summed E-state index contributed by atoms with van der Waals surface area (Å²) >= 11 is 0. The summed E-state index contributed by atoms with van der Waals surface area (Å²) in [6.07, 6.45) is 2.59. The van der Waals surface area contributed by atoms with Crippen molar-refractivity contribution >= 4 is 22.6 Å². The minimum atomic E-state index is -1.02. The van der Waals surface area contributed by atoms with Gasteiger partial charge in [-0.2, -0.15) is 0 Å². The number of H-pyrrole nitrogens is 1. The molecule has 3 rings (SSSR count). The molecule has 0 saturated heterocycles. The Morgan fingerprint density at radius 1 is 1.23 bits per heavy atom. The zero-order valence-electron chi connectivity index (χ0n) is 11.1. The first-order valence-corrected chi connectivity index (χ1v) is 6.29. The van der Waals surface area contributed by atoms with Gasteiger partial charge in [-0.25, -0.2) is 13.8 Å². The second-order valence-corrected chi connectivity index (χ2v) is 4.51. The van der Waals surface area contributed by atoms with Gasteiger partial charge in [0.05, 0.1) is 10.9 Å². The van der Waals surface area contributed by atoms with Crippen LogP contribution in [-0.2, 0) is 0 Å². The van der Waals surface area contributed by atoms with Crippen molar-refractivity contribution in [1.82, 2.24) is 9.97 Å². The van der Waals surface area contributed by atoms with Crippen LogP contribution < -0.4 is 10.7 Å². The van der Waals surface area contributed by atoms with Crippen LogP contribution in [0.4, 0.5) is 14.6 Å². The quantitative estimate of drug-likeness (QED) is 0.763. The molecule has 3 aromatic rings. The molecule has 0 aliphatic carbocycles. The van der Waals surface area contributed by atoms with Crippen molar-refractivity contribution in [3.05, 3.63) is 70.1 Å². The molecule has 2 aromatic heterocycles. The highest BCUT2D eigenvalue weighted by atomic mass is 19.1. The fourth-order valence-electron chi connectivity index (χ4n) is 2.06. The zero-order valence-corrected chi connectivity index (χ0v) is 11.1. The summed E-state index contributed by atoms with van der Waals surface area (Å²) in [6, 6.07) is 6.46. The van der Waals surface area contributed by atoms with E-state index in [1.54, 1.807) is 18.2 Å². The van der Waals surface area contributed by atoms with Crippen LogP contribution in [0.5, 0.6) is 0 Å². The van der Waals surface area contributed by atoms with Crippen molar-refractivity contribution in [2.45, 2.75) is 0 Å². The van der Waals surface area contributed by atoms with Crippen LogP contribution in [0.2, 0.25) is 0 Å². The van der Waals surface area contributed by atoms with Crippen molar-refractivity contribution in [2.75, 3.05) is 5.32 Å². The van der Waals surface area contributed by atoms with Crippen molar-refractivity contribution in [3.63, 3.8) is 0 Å². The number of benzene rings is 1. The van der Waals surface area contributed by atoms with Gasteiger partial charge in [0.15, 0.2) is 0 Å². The zero-order chi connectivity index (χ0) is 15.7. The van der Waals surface area contributed by atoms with Crippen LogP contribution in [-0.4, -0.2) is 15.9 Å². The lowest BCUT2D eigenvalue weighted by Gasteiger charge is -2.05. The maximum atomic E-state index is 13.8. The van der Waals surface area contributed by atoms with E-state index < -0.39 is 23.0 Å². The van der Waals surface area contributed by atoms with E-state index in [9.17, 15) is 18.4 Å². The second-order valence-electron chi connectivity index (χ2n) is 4.51. The maximum absolute atomic E-state index is 13.8. The van der Waals surface area contributed by atoms with Gasteiger partial charge in [-0.15, -0.1) is 0 Å². The number of nitrogens with one attached hydrogen (secondary N) is 2. The normalized spacial score (nSPS) is 10.6. The molecule has 110 valence electrons. The number of rotatable bonds is 2. The van der Waals surface area contributed by atoms with Gasteiger partial charge in [0.2, 0.25) is 5.43 Å². The lowest BCUT2D eigenvalue weighted by molar-refractivity contribution is 0.102. The van der Waals surface area contributed by atoms with E-state index in [1.807, 2.05) is 0 Å². The molecule has 0 fully saturated rings. The minimum Gasteiger partial charge on any atom is -0.360 e. The van der Waals surface area contributed by atoms with E-state index in [0.717, 1.165) is 12.3 Å². The fourth-order valence-corrected chi connectivity index (χ4v) is 2.06. The van der Waals surface area contributed by atoms with Gasteiger partial charge in [0.1, 0.15) is 23.0 Å². The van der Waals surface area contributed by atoms with Crippen LogP contribution in [0.25, 0.3) is 10.9 Å². The standard InChI is InChI=1S/C15H9F2N3O2/c16-8-5-10(17)13-11(6-8)19-7-9(14(13)21)15(22)20-12-3-1-2-4-18-12/h1-7H,(H,19,21)(H,18,20,22). The number of halogens is 2. The number of amides is 1. The van der Waals surface area contributed by atoms with Gasteiger partial charge in [0.25, 0.3) is 5.91 Å². The average Bonchev–Trinajstić information content (AvgIpc) is 2.47. The molecule has 7 heteroatoms. The first-order chi connectivity index (χ1) is 10.6. The molecule has 2 heterocycles. The molecule has 0 aliphatic heterocycles. The predicted octanol–water partition coefficient (Wildman–Crippen LogP) is 2.45. The number of aromatic nitrogens is 2. The molecule has 0 saturated carbocycles. The molecule has 0 unspecified atom stereocenters. The van der Waals surface area contributed by atoms with E-state index >= 15 is 0 Å². The SMILES string of the molecule is O=C(Nc1ccccn1)c1c[nH]c2cc(F)cc(F)c2c1=O. The Hall–Kier alpha value is -3.09. The Labute approximate surface area is 122 Å². The summed E-state index contributed by atoms with van der Waals surface area (Å²) in [6.45, 7) is 0. The number of nitrogens with zero attached hydrogens (tertiary/aromatic N) is 1. The van der Waals surface area contributed by atoms with E-state index in [2.05, 4.69) is 15.3 Å². The summed E-state index contributed by atoms with van der Waals surface area (Å²) in [5, 5.41) is 2.06. The summed E-state index contributed by atoms with van der Waals surface area (Å²) in [7, 11) is 0. The smallest absolute Gasteiger partial charge is 0.262 e. The van der Waals surface area contributed by atoms with Gasteiger partial charge in [0, 0.05) is 18.5 Å². The average molecular weight is 301 g/mol. The highest BCUT2D eigenvalue weighted by molar-refractivity contribution is 6.05. The van der Waals surface area contributed by atoms with Crippen LogP contribution in [0.1, 0.15) is 10.4 Å². The van der Waals surface area contributed by atoms with Crippen molar-refractivity contribution in [1.29, 1.82) is 0 Å². The molecule has 5 nitrogen and oxygen atoms in total. The van der Waals surface area contributed by atoms with Crippen LogP contribution >= 0.6 is 0 Å². The Bertz CT molecular complexity index is 923. The molecule has 1 aromatic carbocycles. The topological polar surface area (TPSA) is 74.8 Å².